The molecular formula is C9H13N3O3. The third-order valence-electron chi connectivity index (χ3n) is 1.99. The molecule has 1 heterocycles. The maximum absolute atomic E-state index is 11.2. The first kappa shape index (κ1) is 11.2. The zero-order chi connectivity index (χ0) is 11.4. The Bertz CT molecular complexity index is 430. The van der Waals surface area contributed by atoms with Crippen molar-refractivity contribution >= 4 is 5.91 Å². The summed E-state index contributed by atoms with van der Waals surface area (Å²) in [5.41, 5.74) is -0.889. The van der Waals surface area contributed by atoms with Crippen molar-refractivity contribution in [3.8, 4) is 0 Å². The molecule has 0 bridgehead atoms. The number of H-pyrrole nitrogens is 1. The van der Waals surface area contributed by atoms with Crippen molar-refractivity contribution in [2.75, 3.05) is 14.1 Å². The fraction of sp³-hybridized carbons (Fsp3) is 0.444. The zero-order valence-corrected chi connectivity index (χ0v) is 8.69. The molecule has 1 aromatic heterocycles. The van der Waals surface area contributed by atoms with Crippen LogP contribution in [0.2, 0.25) is 0 Å². The standard InChI is InChI=1S/C9H13N3O3/c1-11(2)7(13)4-6-12-8(14)3-5-10-9(12)15/h3,5H,4,6H2,1-2H3,(H,10,15). The van der Waals surface area contributed by atoms with Gasteiger partial charge < -0.3 is 9.88 Å². The smallest absolute Gasteiger partial charge is 0.328 e. The Kier molecular flexibility index (Phi) is 3.43. The zero-order valence-electron chi connectivity index (χ0n) is 8.69. The molecule has 0 aromatic carbocycles. The fourth-order valence-corrected chi connectivity index (χ4v) is 1.10. The Morgan fingerprint density at radius 2 is 2.13 bits per heavy atom. The normalized spacial score (nSPS) is 10.0. The number of aromatic nitrogens is 2. The number of carbonyl (C=O) groups is 1. The number of rotatable bonds is 3. The molecule has 1 amide bonds. The van der Waals surface area contributed by atoms with Gasteiger partial charge in [0.1, 0.15) is 0 Å². The lowest BCUT2D eigenvalue weighted by atomic mass is 10.4. The van der Waals surface area contributed by atoms with Crippen LogP contribution < -0.4 is 11.2 Å². The van der Waals surface area contributed by atoms with E-state index in [-0.39, 0.29) is 18.9 Å². The van der Waals surface area contributed by atoms with E-state index in [2.05, 4.69) is 4.98 Å². The predicted octanol–water partition coefficient (Wildman–Crippen LogP) is -0.985. The SMILES string of the molecule is CN(C)C(=O)CCn1c(=O)cc[nH]c1=O. The molecule has 0 radical (unpaired) electrons. The van der Waals surface area contributed by atoms with E-state index in [0.717, 1.165) is 4.57 Å². The molecule has 15 heavy (non-hydrogen) atoms. The first-order chi connectivity index (χ1) is 7.02. The number of aromatic amines is 1. The lowest BCUT2D eigenvalue weighted by Crippen LogP contribution is -2.35. The van der Waals surface area contributed by atoms with Crippen LogP contribution in [0.1, 0.15) is 6.42 Å². The predicted molar refractivity (Wildman–Crippen MR) is 54.6 cm³/mol. The first-order valence-corrected chi connectivity index (χ1v) is 4.51. The van der Waals surface area contributed by atoms with Crippen molar-refractivity contribution in [2.24, 2.45) is 0 Å². The molecule has 0 spiro atoms. The quantitative estimate of drug-likeness (QED) is 0.697. The van der Waals surface area contributed by atoms with Crippen LogP contribution in [0.25, 0.3) is 0 Å². The van der Waals surface area contributed by atoms with Gasteiger partial charge in [0.05, 0.1) is 0 Å². The molecule has 6 nitrogen and oxygen atoms in total. The van der Waals surface area contributed by atoms with Gasteiger partial charge in [0, 0.05) is 39.3 Å². The Balaban J connectivity index is 2.79. The number of nitrogens with zero attached hydrogens (tertiary/aromatic N) is 2. The van der Waals surface area contributed by atoms with Gasteiger partial charge in [0.25, 0.3) is 5.56 Å². The van der Waals surface area contributed by atoms with Crippen molar-refractivity contribution in [3.63, 3.8) is 0 Å². The van der Waals surface area contributed by atoms with E-state index in [1.165, 1.54) is 17.2 Å². The van der Waals surface area contributed by atoms with Gasteiger partial charge in [-0.05, 0) is 0 Å². The van der Waals surface area contributed by atoms with Crippen LogP contribution >= 0.6 is 0 Å². The lowest BCUT2D eigenvalue weighted by molar-refractivity contribution is -0.128. The molecule has 0 unspecified atom stereocenters. The third kappa shape index (κ3) is 2.80. The van der Waals surface area contributed by atoms with Crippen molar-refractivity contribution in [3.05, 3.63) is 33.1 Å². The second-order valence-corrected chi connectivity index (χ2v) is 3.31. The molecule has 0 aliphatic heterocycles. The summed E-state index contributed by atoms with van der Waals surface area (Å²) in [6.07, 6.45) is 1.43. The van der Waals surface area contributed by atoms with E-state index in [0.29, 0.717) is 0 Å². The second kappa shape index (κ2) is 4.59. The summed E-state index contributed by atoms with van der Waals surface area (Å²) >= 11 is 0. The number of nitrogens with one attached hydrogen (secondary N) is 1. The van der Waals surface area contributed by atoms with Crippen molar-refractivity contribution in [2.45, 2.75) is 13.0 Å². The molecule has 1 N–H and O–H groups in total. The highest BCUT2D eigenvalue weighted by Crippen LogP contribution is 1.88. The Labute approximate surface area is 86.1 Å². The fourth-order valence-electron chi connectivity index (χ4n) is 1.10. The van der Waals surface area contributed by atoms with E-state index in [4.69, 9.17) is 0 Å². The van der Waals surface area contributed by atoms with Gasteiger partial charge in [0.15, 0.2) is 0 Å². The summed E-state index contributed by atoms with van der Waals surface area (Å²) in [6.45, 7) is 0.103. The molecule has 1 rings (SSSR count). The average molecular weight is 211 g/mol. The van der Waals surface area contributed by atoms with Crippen LogP contribution in [-0.4, -0.2) is 34.5 Å². The molecule has 0 saturated heterocycles. The highest BCUT2D eigenvalue weighted by molar-refractivity contribution is 5.75. The Morgan fingerprint density at radius 3 is 2.67 bits per heavy atom. The van der Waals surface area contributed by atoms with E-state index in [1.54, 1.807) is 14.1 Å². The summed E-state index contributed by atoms with van der Waals surface area (Å²) in [7, 11) is 3.25. The summed E-state index contributed by atoms with van der Waals surface area (Å²) in [5, 5.41) is 0. The molecule has 0 aliphatic carbocycles. The highest BCUT2D eigenvalue weighted by atomic mass is 16.2. The van der Waals surface area contributed by atoms with Gasteiger partial charge >= 0.3 is 5.69 Å². The molecule has 82 valence electrons. The summed E-state index contributed by atoms with van der Waals surface area (Å²) in [6, 6.07) is 1.25. The van der Waals surface area contributed by atoms with Crippen LogP contribution in [0.15, 0.2) is 21.9 Å². The van der Waals surface area contributed by atoms with Crippen molar-refractivity contribution < 1.29 is 4.79 Å². The van der Waals surface area contributed by atoms with E-state index in [1.807, 2.05) is 0 Å². The minimum atomic E-state index is -0.492. The number of carbonyl (C=O) groups excluding carboxylic acids is 1. The minimum absolute atomic E-state index is 0.103. The summed E-state index contributed by atoms with van der Waals surface area (Å²) in [4.78, 5) is 37.5. The van der Waals surface area contributed by atoms with Crippen LogP contribution in [0.4, 0.5) is 0 Å². The van der Waals surface area contributed by atoms with Crippen LogP contribution in [0.3, 0.4) is 0 Å². The Hall–Kier alpha value is -1.85. The minimum Gasteiger partial charge on any atom is -0.349 e. The van der Waals surface area contributed by atoms with E-state index < -0.39 is 11.2 Å². The summed E-state index contributed by atoms with van der Waals surface area (Å²) in [5.74, 6) is -0.120. The average Bonchev–Trinajstić information content (AvgIpc) is 2.16. The first-order valence-electron chi connectivity index (χ1n) is 4.51. The molecule has 0 atom stereocenters. The molecule has 1 aromatic rings. The van der Waals surface area contributed by atoms with Gasteiger partial charge in [-0.2, -0.15) is 0 Å². The number of hydrogen-bond donors (Lipinski definition) is 1. The highest BCUT2D eigenvalue weighted by Gasteiger charge is 2.06. The molecule has 0 fully saturated rings. The van der Waals surface area contributed by atoms with Gasteiger partial charge in [0.2, 0.25) is 5.91 Å². The van der Waals surface area contributed by atoms with Gasteiger partial charge in [-0.3, -0.25) is 14.2 Å². The topological polar surface area (TPSA) is 75.2 Å². The van der Waals surface area contributed by atoms with Gasteiger partial charge in [-0.1, -0.05) is 0 Å². The van der Waals surface area contributed by atoms with Gasteiger partial charge in [-0.15, -0.1) is 0 Å². The van der Waals surface area contributed by atoms with E-state index in [9.17, 15) is 14.4 Å². The van der Waals surface area contributed by atoms with Gasteiger partial charge in [-0.25, -0.2) is 4.79 Å². The number of amides is 1. The monoisotopic (exact) mass is 211 g/mol. The third-order valence-corrected chi connectivity index (χ3v) is 1.99. The molecular weight excluding hydrogens is 198 g/mol. The number of hydrogen-bond acceptors (Lipinski definition) is 3. The molecule has 6 heteroatoms. The maximum atomic E-state index is 11.2. The summed E-state index contributed by atoms with van der Waals surface area (Å²) < 4.78 is 1.00. The van der Waals surface area contributed by atoms with Crippen LogP contribution in [0, 0.1) is 0 Å². The Morgan fingerprint density at radius 1 is 1.47 bits per heavy atom. The molecule has 0 aliphatic rings. The van der Waals surface area contributed by atoms with Crippen LogP contribution in [0.5, 0.6) is 0 Å². The van der Waals surface area contributed by atoms with Crippen molar-refractivity contribution in [1.82, 2.24) is 14.5 Å². The second-order valence-electron chi connectivity index (χ2n) is 3.31. The van der Waals surface area contributed by atoms with Crippen LogP contribution in [-0.2, 0) is 11.3 Å². The largest absolute Gasteiger partial charge is 0.349 e. The van der Waals surface area contributed by atoms with Crippen molar-refractivity contribution in [1.29, 1.82) is 0 Å². The maximum Gasteiger partial charge on any atom is 0.328 e. The van der Waals surface area contributed by atoms with E-state index >= 15 is 0 Å². The lowest BCUT2D eigenvalue weighted by Gasteiger charge is -2.10. The molecule has 0 saturated carbocycles.